The van der Waals surface area contributed by atoms with Gasteiger partial charge in [0.15, 0.2) is 0 Å². The van der Waals surface area contributed by atoms with Crippen molar-refractivity contribution in [3.05, 3.63) is 0 Å². The summed E-state index contributed by atoms with van der Waals surface area (Å²) in [6.07, 6.45) is 6.30. The lowest BCUT2D eigenvalue weighted by Crippen LogP contribution is -2.50. The van der Waals surface area contributed by atoms with Gasteiger partial charge >= 0.3 is 5.97 Å². The molecule has 0 aromatic rings. The molecule has 0 saturated carbocycles. The Hall–Kier alpha value is -1.54. The Bertz CT molecular complexity index is 388. The van der Waals surface area contributed by atoms with Gasteiger partial charge in [-0.25, -0.2) is 0 Å². The molecular weight excluding hydrogens is 256 g/mol. The molecule has 1 aliphatic heterocycles. The van der Waals surface area contributed by atoms with Crippen molar-refractivity contribution in [1.82, 2.24) is 9.80 Å². The summed E-state index contributed by atoms with van der Waals surface area (Å²) >= 11 is 0. The minimum absolute atomic E-state index is 0.0588. The van der Waals surface area contributed by atoms with Crippen LogP contribution >= 0.6 is 0 Å². The highest BCUT2D eigenvalue weighted by Crippen LogP contribution is 2.31. The van der Waals surface area contributed by atoms with E-state index >= 15 is 0 Å². The zero-order valence-corrected chi connectivity index (χ0v) is 12.4. The lowest BCUT2D eigenvalue weighted by Gasteiger charge is -2.36. The SMILES string of the molecule is C#CCN1CCN(C(=O)CC(CC)(CC)C(=O)O)CC1. The number of carbonyl (C=O) groups is 2. The predicted octanol–water partition coefficient (Wildman–Crippen LogP) is 1.04. The van der Waals surface area contributed by atoms with Crippen LogP contribution in [0.5, 0.6) is 0 Å². The second-order valence-electron chi connectivity index (χ2n) is 5.33. The summed E-state index contributed by atoms with van der Waals surface area (Å²) in [7, 11) is 0. The van der Waals surface area contributed by atoms with E-state index in [1.165, 1.54) is 0 Å². The van der Waals surface area contributed by atoms with Crippen LogP contribution in [0.1, 0.15) is 33.1 Å². The van der Waals surface area contributed by atoms with Gasteiger partial charge in [0.05, 0.1) is 12.0 Å². The monoisotopic (exact) mass is 280 g/mol. The Labute approximate surface area is 120 Å². The highest BCUT2D eigenvalue weighted by Gasteiger charge is 2.38. The molecule has 1 fully saturated rings. The quantitative estimate of drug-likeness (QED) is 0.739. The number of carboxylic acid groups (broad SMARTS) is 1. The van der Waals surface area contributed by atoms with Crippen molar-refractivity contribution in [3.63, 3.8) is 0 Å². The molecule has 20 heavy (non-hydrogen) atoms. The average molecular weight is 280 g/mol. The normalized spacial score (nSPS) is 16.8. The van der Waals surface area contributed by atoms with Crippen LogP contribution < -0.4 is 0 Å². The molecule has 1 amide bonds. The van der Waals surface area contributed by atoms with E-state index < -0.39 is 11.4 Å². The highest BCUT2D eigenvalue weighted by molar-refractivity contribution is 5.85. The largest absolute Gasteiger partial charge is 0.481 e. The standard InChI is InChI=1S/C15H24N2O3/c1-4-7-16-8-10-17(11-9-16)13(18)12-15(5-2,6-3)14(19)20/h1H,5-12H2,2-3H3,(H,19,20). The van der Waals surface area contributed by atoms with Gasteiger partial charge in [0.2, 0.25) is 5.91 Å². The first-order valence-corrected chi connectivity index (χ1v) is 7.16. The Kier molecular flexibility index (Phi) is 6.03. The average Bonchev–Trinajstić information content (AvgIpc) is 2.45. The maximum atomic E-state index is 12.3. The molecule has 112 valence electrons. The topological polar surface area (TPSA) is 60.9 Å². The summed E-state index contributed by atoms with van der Waals surface area (Å²) in [5.74, 6) is 1.67. The van der Waals surface area contributed by atoms with Crippen molar-refractivity contribution in [2.24, 2.45) is 5.41 Å². The van der Waals surface area contributed by atoms with E-state index in [9.17, 15) is 14.7 Å². The van der Waals surface area contributed by atoms with Gasteiger partial charge in [0.25, 0.3) is 0 Å². The molecular formula is C15H24N2O3. The van der Waals surface area contributed by atoms with Gasteiger partial charge < -0.3 is 10.0 Å². The molecule has 0 spiro atoms. The van der Waals surface area contributed by atoms with Gasteiger partial charge in [-0.1, -0.05) is 19.8 Å². The lowest BCUT2D eigenvalue weighted by molar-refractivity contribution is -0.154. The van der Waals surface area contributed by atoms with Gasteiger partial charge in [-0.2, -0.15) is 0 Å². The Morgan fingerprint density at radius 2 is 1.75 bits per heavy atom. The predicted molar refractivity (Wildman–Crippen MR) is 77.1 cm³/mol. The van der Waals surface area contributed by atoms with E-state index in [0.717, 1.165) is 13.1 Å². The fraction of sp³-hybridized carbons (Fsp3) is 0.733. The Balaban J connectivity index is 2.59. The zero-order chi connectivity index (χ0) is 15.2. The number of carboxylic acids is 1. The van der Waals surface area contributed by atoms with Gasteiger partial charge in [-0.3, -0.25) is 14.5 Å². The number of hydrogen-bond donors (Lipinski definition) is 1. The Morgan fingerprint density at radius 3 is 2.15 bits per heavy atom. The van der Waals surface area contributed by atoms with Gasteiger partial charge in [0, 0.05) is 32.6 Å². The van der Waals surface area contributed by atoms with E-state index in [2.05, 4.69) is 10.8 Å². The molecule has 0 aliphatic carbocycles. The molecule has 0 unspecified atom stereocenters. The number of nitrogens with zero attached hydrogens (tertiary/aromatic N) is 2. The van der Waals surface area contributed by atoms with Crippen LogP contribution in [-0.4, -0.2) is 59.5 Å². The molecule has 0 atom stereocenters. The first-order chi connectivity index (χ1) is 9.49. The molecule has 0 aromatic carbocycles. The second-order valence-corrected chi connectivity index (χ2v) is 5.33. The number of rotatable bonds is 6. The number of aliphatic carboxylic acids is 1. The van der Waals surface area contributed by atoms with Crippen molar-refractivity contribution in [1.29, 1.82) is 0 Å². The third-order valence-corrected chi connectivity index (χ3v) is 4.34. The number of carbonyl (C=O) groups excluding carboxylic acids is 1. The first kappa shape index (κ1) is 16.5. The number of terminal acetylenes is 1. The summed E-state index contributed by atoms with van der Waals surface area (Å²) in [6, 6.07) is 0. The summed E-state index contributed by atoms with van der Waals surface area (Å²) in [5.41, 5.74) is -0.924. The number of hydrogen-bond acceptors (Lipinski definition) is 3. The van der Waals surface area contributed by atoms with Crippen molar-refractivity contribution < 1.29 is 14.7 Å². The molecule has 1 saturated heterocycles. The fourth-order valence-electron chi connectivity index (χ4n) is 2.56. The van der Waals surface area contributed by atoms with E-state index in [1.54, 1.807) is 4.90 Å². The van der Waals surface area contributed by atoms with E-state index in [-0.39, 0.29) is 12.3 Å². The highest BCUT2D eigenvalue weighted by atomic mass is 16.4. The molecule has 1 heterocycles. The lowest BCUT2D eigenvalue weighted by atomic mass is 9.79. The molecule has 0 bridgehead atoms. The van der Waals surface area contributed by atoms with Gasteiger partial charge in [0.1, 0.15) is 0 Å². The third kappa shape index (κ3) is 3.73. The fourth-order valence-corrected chi connectivity index (χ4v) is 2.56. The summed E-state index contributed by atoms with van der Waals surface area (Å²) in [5, 5.41) is 9.38. The van der Waals surface area contributed by atoms with E-state index in [4.69, 9.17) is 6.42 Å². The van der Waals surface area contributed by atoms with Crippen LogP contribution in [0.15, 0.2) is 0 Å². The zero-order valence-electron chi connectivity index (χ0n) is 12.4. The van der Waals surface area contributed by atoms with E-state index in [1.807, 2.05) is 13.8 Å². The third-order valence-electron chi connectivity index (χ3n) is 4.34. The molecule has 1 N–H and O–H groups in total. The smallest absolute Gasteiger partial charge is 0.310 e. The maximum absolute atomic E-state index is 12.3. The molecule has 1 aliphatic rings. The first-order valence-electron chi connectivity index (χ1n) is 7.16. The molecule has 1 rings (SSSR count). The van der Waals surface area contributed by atoms with Crippen LogP contribution in [0, 0.1) is 17.8 Å². The maximum Gasteiger partial charge on any atom is 0.310 e. The van der Waals surface area contributed by atoms with Crippen LogP contribution in [0.4, 0.5) is 0 Å². The van der Waals surface area contributed by atoms with Crippen molar-refractivity contribution in [2.75, 3.05) is 32.7 Å². The Morgan fingerprint density at radius 1 is 1.20 bits per heavy atom. The molecule has 5 nitrogen and oxygen atoms in total. The van der Waals surface area contributed by atoms with E-state index in [0.29, 0.717) is 32.5 Å². The van der Waals surface area contributed by atoms with Crippen molar-refractivity contribution in [3.8, 4) is 12.3 Å². The van der Waals surface area contributed by atoms with Crippen molar-refractivity contribution >= 4 is 11.9 Å². The van der Waals surface area contributed by atoms with Crippen molar-refractivity contribution in [2.45, 2.75) is 33.1 Å². The van der Waals surface area contributed by atoms with Gasteiger partial charge in [-0.05, 0) is 12.8 Å². The molecule has 0 radical (unpaired) electrons. The van der Waals surface area contributed by atoms with Crippen LogP contribution in [0.25, 0.3) is 0 Å². The van der Waals surface area contributed by atoms with Crippen LogP contribution in [0.2, 0.25) is 0 Å². The summed E-state index contributed by atoms with van der Waals surface area (Å²) < 4.78 is 0. The molecule has 0 aromatic heterocycles. The van der Waals surface area contributed by atoms with Crippen LogP contribution in [-0.2, 0) is 9.59 Å². The van der Waals surface area contributed by atoms with Gasteiger partial charge in [-0.15, -0.1) is 6.42 Å². The number of amides is 1. The molecule has 5 heteroatoms. The second kappa shape index (κ2) is 7.30. The summed E-state index contributed by atoms with van der Waals surface area (Å²) in [6.45, 7) is 7.03. The van der Waals surface area contributed by atoms with Crippen LogP contribution in [0.3, 0.4) is 0 Å². The number of piperazine rings is 1. The minimum atomic E-state index is -0.924. The summed E-state index contributed by atoms with van der Waals surface area (Å²) in [4.78, 5) is 27.6. The minimum Gasteiger partial charge on any atom is -0.481 e.